The van der Waals surface area contributed by atoms with Crippen LogP contribution in [0.1, 0.15) is 41.4 Å². The molecule has 2 rings (SSSR count). The zero-order valence-corrected chi connectivity index (χ0v) is 21.6. The minimum Gasteiger partial charge on any atom is -0.490 e. The number of carbonyl (C=O) groups excluding carboxylic acids is 4. The Labute approximate surface area is 219 Å². The second-order valence-corrected chi connectivity index (χ2v) is 7.31. The van der Waals surface area contributed by atoms with Crippen LogP contribution in [0.2, 0.25) is 0 Å². The van der Waals surface area contributed by atoms with E-state index in [1.54, 1.807) is 0 Å². The largest absolute Gasteiger partial charge is 0.490 e. The van der Waals surface area contributed by atoms with Gasteiger partial charge in [0.05, 0.1) is 66.0 Å². The third-order valence-corrected chi connectivity index (χ3v) is 4.96. The van der Waals surface area contributed by atoms with Gasteiger partial charge in [-0.1, -0.05) is 0 Å². The molecule has 0 atom stereocenters. The Balaban J connectivity index is 1.74. The fourth-order valence-corrected chi connectivity index (χ4v) is 3.07. The van der Waals surface area contributed by atoms with Crippen molar-refractivity contribution in [2.45, 2.75) is 0 Å². The maximum absolute atomic E-state index is 11.9. The molecule has 38 heavy (non-hydrogen) atoms. The molecule has 206 valence electrons. The molecule has 12 heteroatoms. The number of rotatable bonds is 15. The van der Waals surface area contributed by atoms with E-state index in [0.717, 1.165) is 0 Å². The van der Waals surface area contributed by atoms with Crippen LogP contribution < -0.4 is 9.47 Å². The number of benzene rings is 2. The van der Waals surface area contributed by atoms with Crippen LogP contribution in [0, 0.1) is 0 Å². The summed E-state index contributed by atoms with van der Waals surface area (Å²) < 4.78 is 40.9. The second kappa shape index (κ2) is 15.8. The molecule has 2 aromatic carbocycles. The zero-order chi connectivity index (χ0) is 27.9. The van der Waals surface area contributed by atoms with E-state index in [0.29, 0.717) is 0 Å². The predicted molar refractivity (Wildman–Crippen MR) is 131 cm³/mol. The Kier molecular flexibility index (Phi) is 12.5. The second-order valence-electron chi connectivity index (χ2n) is 7.31. The molecule has 0 N–H and O–H groups in total. The zero-order valence-electron chi connectivity index (χ0n) is 21.6. The molecule has 0 heterocycles. The number of ether oxygens (including phenoxy) is 8. The van der Waals surface area contributed by atoms with Gasteiger partial charge in [-0.3, -0.25) is 0 Å². The number of esters is 4. The minimum absolute atomic E-state index is 0.102. The van der Waals surface area contributed by atoms with E-state index in [2.05, 4.69) is 9.47 Å². The van der Waals surface area contributed by atoms with Crippen LogP contribution in [0.15, 0.2) is 36.4 Å². The molecule has 0 amide bonds. The number of hydrogen-bond acceptors (Lipinski definition) is 12. The summed E-state index contributed by atoms with van der Waals surface area (Å²) >= 11 is 0. The van der Waals surface area contributed by atoms with Gasteiger partial charge in [0.1, 0.15) is 35.8 Å². The molecule has 0 saturated carbocycles. The Morgan fingerprint density at radius 3 is 1.18 bits per heavy atom. The molecule has 0 fully saturated rings. The Hall–Kier alpha value is -4.16. The molecular formula is C26H30O12. The molecule has 0 aliphatic rings. The van der Waals surface area contributed by atoms with Gasteiger partial charge < -0.3 is 37.9 Å². The average molecular weight is 535 g/mol. The standard InChI is InChI=1S/C26H30O12/c1-31-23(27)17-5-7-19(25(29)33-3)21(15-17)37-13-11-35-9-10-36-12-14-38-22-16-18(24(28)32-2)6-8-20(22)26(30)34-4/h5-8,15-16H,9-14H2,1-4H3. The van der Waals surface area contributed by atoms with E-state index >= 15 is 0 Å². The van der Waals surface area contributed by atoms with Crippen molar-refractivity contribution in [1.29, 1.82) is 0 Å². The number of carbonyl (C=O) groups is 4. The van der Waals surface area contributed by atoms with Crippen molar-refractivity contribution < 1.29 is 57.1 Å². The summed E-state index contributed by atoms with van der Waals surface area (Å²) in [5.41, 5.74) is 0.775. The van der Waals surface area contributed by atoms with Crippen LogP contribution in [-0.4, -0.2) is 92.0 Å². The molecule has 0 aliphatic heterocycles. The molecule has 0 radical (unpaired) electrons. The Bertz CT molecular complexity index is 1020. The van der Waals surface area contributed by atoms with Gasteiger partial charge in [0.15, 0.2) is 0 Å². The van der Waals surface area contributed by atoms with Crippen LogP contribution in [-0.2, 0) is 28.4 Å². The van der Waals surface area contributed by atoms with Crippen molar-refractivity contribution >= 4 is 23.9 Å². The Morgan fingerprint density at radius 1 is 0.500 bits per heavy atom. The average Bonchev–Trinajstić information content (AvgIpc) is 2.96. The van der Waals surface area contributed by atoms with E-state index in [-0.39, 0.29) is 73.4 Å². The fourth-order valence-electron chi connectivity index (χ4n) is 3.07. The van der Waals surface area contributed by atoms with Crippen LogP contribution in [0.3, 0.4) is 0 Å². The van der Waals surface area contributed by atoms with E-state index < -0.39 is 23.9 Å². The highest BCUT2D eigenvalue weighted by atomic mass is 16.6. The van der Waals surface area contributed by atoms with Gasteiger partial charge in [-0.15, -0.1) is 0 Å². The van der Waals surface area contributed by atoms with Crippen molar-refractivity contribution in [2.24, 2.45) is 0 Å². The van der Waals surface area contributed by atoms with E-state index in [4.69, 9.17) is 28.4 Å². The topological polar surface area (TPSA) is 142 Å². The molecule has 0 aliphatic carbocycles. The minimum atomic E-state index is -0.608. The highest BCUT2D eigenvalue weighted by Gasteiger charge is 2.18. The fraction of sp³-hybridized carbons (Fsp3) is 0.385. The summed E-state index contributed by atoms with van der Waals surface area (Å²) in [6.07, 6.45) is 0. The molecule has 0 bridgehead atoms. The first-order valence-corrected chi connectivity index (χ1v) is 11.4. The number of methoxy groups -OCH3 is 4. The monoisotopic (exact) mass is 534 g/mol. The third kappa shape index (κ3) is 8.75. The van der Waals surface area contributed by atoms with Gasteiger partial charge in [0.2, 0.25) is 0 Å². The van der Waals surface area contributed by atoms with Crippen LogP contribution in [0.25, 0.3) is 0 Å². The first-order valence-electron chi connectivity index (χ1n) is 11.4. The maximum Gasteiger partial charge on any atom is 0.341 e. The van der Waals surface area contributed by atoms with E-state index in [9.17, 15) is 19.2 Å². The maximum atomic E-state index is 11.9. The van der Waals surface area contributed by atoms with E-state index in [1.807, 2.05) is 0 Å². The molecule has 0 spiro atoms. The summed E-state index contributed by atoms with van der Waals surface area (Å²) in [5, 5.41) is 0. The van der Waals surface area contributed by atoms with Crippen LogP contribution >= 0.6 is 0 Å². The lowest BCUT2D eigenvalue weighted by Gasteiger charge is -2.13. The van der Waals surface area contributed by atoms with E-state index in [1.165, 1.54) is 64.8 Å². The van der Waals surface area contributed by atoms with Crippen molar-refractivity contribution in [3.05, 3.63) is 58.7 Å². The summed E-state index contributed by atoms with van der Waals surface area (Å²) in [6, 6.07) is 8.51. The van der Waals surface area contributed by atoms with Gasteiger partial charge >= 0.3 is 23.9 Å². The smallest absolute Gasteiger partial charge is 0.341 e. The molecule has 0 unspecified atom stereocenters. The highest BCUT2D eigenvalue weighted by Crippen LogP contribution is 2.23. The first-order chi connectivity index (χ1) is 18.4. The quantitative estimate of drug-likeness (QED) is 0.188. The molecule has 0 saturated heterocycles. The summed E-state index contributed by atoms with van der Waals surface area (Å²) in [5.74, 6) is -2.02. The molecule has 0 aromatic heterocycles. The van der Waals surface area contributed by atoms with Crippen molar-refractivity contribution in [3.63, 3.8) is 0 Å². The lowest BCUT2D eigenvalue weighted by atomic mass is 10.1. The van der Waals surface area contributed by atoms with Crippen LogP contribution in [0.4, 0.5) is 0 Å². The number of hydrogen-bond donors (Lipinski definition) is 0. The lowest BCUT2D eigenvalue weighted by Crippen LogP contribution is -2.15. The molecule has 2 aromatic rings. The van der Waals surface area contributed by atoms with Crippen LogP contribution in [0.5, 0.6) is 11.5 Å². The van der Waals surface area contributed by atoms with Crippen molar-refractivity contribution in [1.82, 2.24) is 0 Å². The SMILES string of the molecule is COC(=O)c1ccc(C(=O)OC)c(OCCOCCOCCOc2cc(C(=O)OC)ccc2C(=O)OC)c1. The summed E-state index contributed by atoms with van der Waals surface area (Å²) in [4.78, 5) is 47.4. The van der Waals surface area contributed by atoms with Gasteiger partial charge in [0, 0.05) is 0 Å². The van der Waals surface area contributed by atoms with Gasteiger partial charge in [-0.25, -0.2) is 19.2 Å². The molecule has 12 nitrogen and oxygen atoms in total. The van der Waals surface area contributed by atoms with Crippen molar-refractivity contribution in [3.8, 4) is 11.5 Å². The molecular weight excluding hydrogens is 504 g/mol. The van der Waals surface area contributed by atoms with Crippen molar-refractivity contribution in [2.75, 3.05) is 68.1 Å². The predicted octanol–water partition coefficient (Wildman–Crippen LogP) is 2.32. The third-order valence-electron chi connectivity index (χ3n) is 4.96. The summed E-state index contributed by atoms with van der Waals surface area (Å²) in [7, 11) is 4.99. The van der Waals surface area contributed by atoms with Gasteiger partial charge in [-0.05, 0) is 36.4 Å². The normalized spacial score (nSPS) is 10.3. The van der Waals surface area contributed by atoms with Gasteiger partial charge in [0.25, 0.3) is 0 Å². The first kappa shape index (κ1) is 30.1. The Morgan fingerprint density at radius 2 is 0.842 bits per heavy atom. The highest BCUT2D eigenvalue weighted by molar-refractivity contribution is 5.96. The van der Waals surface area contributed by atoms with Gasteiger partial charge in [-0.2, -0.15) is 0 Å². The lowest BCUT2D eigenvalue weighted by molar-refractivity contribution is 0.0268. The summed E-state index contributed by atoms with van der Waals surface area (Å²) in [6.45, 7) is 1.08.